The molecule has 1 saturated carbocycles. The molecule has 3 N–H and O–H groups in total. The number of hydrogen-bond donors (Lipinski definition) is 3. The normalized spacial score (nSPS) is 15.3. The first-order valence-electron chi connectivity index (χ1n) is 6.68. The molecule has 0 atom stereocenters. The molecule has 0 saturated heterocycles. The molecule has 9 heteroatoms. The molecule has 0 spiro atoms. The predicted octanol–water partition coefficient (Wildman–Crippen LogP) is 1.57. The molecular formula is C12H17N5O2S2. The molecule has 3 rings (SSSR count). The molecule has 2 aromatic heterocycles. The third kappa shape index (κ3) is 2.94. The van der Waals surface area contributed by atoms with Gasteiger partial charge >= 0.3 is 0 Å². The van der Waals surface area contributed by atoms with Crippen molar-refractivity contribution in [3.8, 4) is 0 Å². The van der Waals surface area contributed by atoms with E-state index in [9.17, 15) is 8.42 Å². The van der Waals surface area contributed by atoms with Crippen molar-refractivity contribution in [2.24, 2.45) is 0 Å². The van der Waals surface area contributed by atoms with Gasteiger partial charge in [-0.2, -0.15) is 5.10 Å². The number of hydrogen-bond acceptors (Lipinski definition) is 6. The van der Waals surface area contributed by atoms with E-state index in [-0.39, 0.29) is 4.90 Å². The maximum absolute atomic E-state index is 12.5. The molecule has 0 aromatic carbocycles. The van der Waals surface area contributed by atoms with Gasteiger partial charge in [0, 0.05) is 17.8 Å². The molecule has 0 radical (unpaired) electrons. The van der Waals surface area contributed by atoms with E-state index < -0.39 is 10.0 Å². The van der Waals surface area contributed by atoms with Gasteiger partial charge in [0.15, 0.2) is 5.13 Å². The third-order valence-electron chi connectivity index (χ3n) is 3.31. The maximum Gasteiger partial charge on any atom is 0.267 e. The predicted molar refractivity (Wildman–Crippen MR) is 81.0 cm³/mol. The number of thiazole rings is 1. The minimum atomic E-state index is -3.68. The third-order valence-corrected chi connectivity index (χ3v) is 5.76. The molecule has 1 aliphatic carbocycles. The molecule has 21 heavy (non-hydrogen) atoms. The van der Waals surface area contributed by atoms with Crippen molar-refractivity contribution in [1.82, 2.24) is 20.5 Å². The van der Waals surface area contributed by atoms with Crippen LogP contribution in [-0.2, 0) is 16.6 Å². The second-order valence-corrected chi connectivity index (χ2v) is 7.59. The van der Waals surface area contributed by atoms with Crippen molar-refractivity contribution in [3.63, 3.8) is 0 Å². The molecule has 7 nitrogen and oxygen atoms in total. The Labute approximate surface area is 127 Å². The van der Waals surface area contributed by atoms with Crippen molar-refractivity contribution in [2.75, 3.05) is 11.8 Å². The van der Waals surface area contributed by atoms with E-state index in [0.717, 1.165) is 18.5 Å². The first-order valence-corrected chi connectivity index (χ1v) is 9.04. The van der Waals surface area contributed by atoms with E-state index in [0.29, 0.717) is 29.0 Å². The lowest BCUT2D eigenvalue weighted by Crippen LogP contribution is -2.17. The number of aromatic amines is 1. The molecule has 0 unspecified atom stereocenters. The lowest BCUT2D eigenvalue weighted by atomic mass is 10.3. The van der Waals surface area contributed by atoms with Crippen molar-refractivity contribution >= 4 is 26.5 Å². The van der Waals surface area contributed by atoms with Crippen LogP contribution in [0.5, 0.6) is 0 Å². The summed E-state index contributed by atoms with van der Waals surface area (Å²) in [4.78, 5) is 4.55. The average Bonchev–Trinajstić information content (AvgIpc) is 3.06. The number of H-pyrrole nitrogens is 1. The number of nitrogens with one attached hydrogen (secondary N) is 3. The van der Waals surface area contributed by atoms with Crippen molar-refractivity contribution < 1.29 is 8.42 Å². The zero-order chi connectivity index (χ0) is 15.0. The van der Waals surface area contributed by atoms with Gasteiger partial charge in [0.1, 0.15) is 4.90 Å². The van der Waals surface area contributed by atoms with Crippen LogP contribution >= 0.6 is 11.3 Å². The van der Waals surface area contributed by atoms with Crippen LogP contribution in [0.4, 0.5) is 5.13 Å². The van der Waals surface area contributed by atoms with E-state index in [1.807, 2.05) is 5.38 Å². The molecule has 2 heterocycles. The van der Waals surface area contributed by atoms with Gasteiger partial charge in [-0.3, -0.25) is 9.82 Å². The number of aryl methyl sites for hydroxylation is 1. The summed E-state index contributed by atoms with van der Waals surface area (Å²) >= 11 is 1.32. The highest BCUT2D eigenvalue weighted by Gasteiger charge is 2.28. The molecule has 114 valence electrons. The van der Waals surface area contributed by atoms with Crippen molar-refractivity contribution in [1.29, 1.82) is 0 Å². The summed E-state index contributed by atoms with van der Waals surface area (Å²) in [7, 11) is -1.93. The summed E-state index contributed by atoms with van der Waals surface area (Å²) in [5, 5.41) is 12.0. The standard InChI is InChI=1S/C12H17N5O2S2/c1-7-11(9(5-13-2)16-15-7)21(18,19)17-12-14-10(6-20-12)8-3-4-8/h6,8,13H,3-5H2,1-2H3,(H,14,17)(H,15,16). The van der Waals surface area contributed by atoms with Crippen LogP contribution in [-0.4, -0.2) is 30.6 Å². The van der Waals surface area contributed by atoms with Gasteiger partial charge in [-0.05, 0) is 26.8 Å². The van der Waals surface area contributed by atoms with E-state index in [4.69, 9.17) is 0 Å². The monoisotopic (exact) mass is 327 g/mol. The van der Waals surface area contributed by atoms with Crippen LogP contribution in [0.25, 0.3) is 0 Å². The average molecular weight is 327 g/mol. The molecule has 2 aromatic rings. The van der Waals surface area contributed by atoms with Crippen LogP contribution in [0.1, 0.15) is 35.8 Å². The minimum Gasteiger partial charge on any atom is -0.314 e. The molecule has 0 bridgehead atoms. The zero-order valence-electron chi connectivity index (χ0n) is 11.8. The molecule has 1 aliphatic rings. The van der Waals surface area contributed by atoms with E-state index in [1.165, 1.54) is 11.3 Å². The summed E-state index contributed by atoms with van der Waals surface area (Å²) in [5.41, 5.74) is 1.98. The van der Waals surface area contributed by atoms with Crippen molar-refractivity contribution in [2.45, 2.75) is 37.1 Å². The Hall–Kier alpha value is -1.45. The summed E-state index contributed by atoms with van der Waals surface area (Å²) in [6.45, 7) is 2.07. The highest BCUT2D eigenvalue weighted by molar-refractivity contribution is 7.93. The van der Waals surface area contributed by atoms with E-state index in [2.05, 4.69) is 25.2 Å². The molecule has 0 aliphatic heterocycles. The topological polar surface area (TPSA) is 99.8 Å². The highest BCUT2D eigenvalue weighted by atomic mass is 32.2. The second-order valence-electron chi connectivity index (χ2n) is 5.11. The summed E-state index contributed by atoms with van der Waals surface area (Å²) in [5.74, 6) is 0.509. The number of anilines is 1. The van der Waals surface area contributed by atoms with Crippen LogP contribution in [0.3, 0.4) is 0 Å². The van der Waals surface area contributed by atoms with Gasteiger partial charge in [0.2, 0.25) is 0 Å². The van der Waals surface area contributed by atoms with Crippen molar-refractivity contribution in [3.05, 3.63) is 22.5 Å². The lowest BCUT2D eigenvalue weighted by molar-refractivity contribution is 0.598. The summed E-state index contributed by atoms with van der Waals surface area (Å²) in [6, 6.07) is 0. The highest BCUT2D eigenvalue weighted by Crippen LogP contribution is 2.41. The number of aromatic nitrogens is 3. The van der Waals surface area contributed by atoms with Crippen LogP contribution in [0, 0.1) is 6.92 Å². The molecular weight excluding hydrogens is 310 g/mol. The van der Waals surface area contributed by atoms with Gasteiger partial charge in [0.05, 0.1) is 17.1 Å². The summed E-state index contributed by atoms with van der Waals surface area (Å²) < 4.78 is 27.6. The fourth-order valence-corrected chi connectivity index (χ4v) is 4.59. The van der Waals surface area contributed by atoms with Crippen LogP contribution < -0.4 is 10.0 Å². The Balaban J connectivity index is 1.87. The Bertz CT molecular complexity index is 746. The smallest absolute Gasteiger partial charge is 0.267 e. The Morgan fingerprint density at radius 1 is 1.48 bits per heavy atom. The van der Waals surface area contributed by atoms with E-state index >= 15 is 0 Å². The Morgan fingerprint density at radius 2 is 2.24 bits per heavy atom. The zero-order valence-corrected chi connectivity index (χ0v) is 13.4. The van der Waals surface area contributed by atoms with Gasteiger partial charge in [-0.1, -0.05) is 0 Å². The molecule has 1 fully saturated rings. The molecule has 0 amide bonds. The fourth-order valence-electron chi connectivity index (χ4n) is 2.18. The van der Waals surface area contributed by atoms with Crippen LogP contribution in [0.15, 0.2) is 10.3 Å². The SMILES string of the molecule is CNCc1n[nH]c(C)c1S(=O)(=O)Nc1nc(C2CC2)cs1. The van der Waals surface area contributed by atoms with E-state index in [1.54, 1.807) is 14.0 Å². The number of nitrogens with zero attached hydrogens (tertiary/aromatic N) is 2. The largest absolute Gasteiger partial charge is 0.314 e. The minimum absolute atomic E-state index is 0.194. The van der Waals surface area contributed by atoms with Crippen LogP contribution in [0.2, 0.25) is 0 Å². The second kappa shape index (κ2) is 5.39. The quantitative estimate of drug-likeness (QED) is 0.748. The Morgan fingerprint density at radius 3 is 2.90 bits per heavy atom. The number of rotatable bonds is 6. The summed E-state index contributed by atoms with van der Waals surface area (Å²) in [6.07, 6.45) is 2.28. The first kappa shape index (κ1) is 14.5. The Kier molecular flexibility index (Phi) is 3.72. The van der Waals surface area contributed by atoms with Gasteiger partial charge in [-0.25, -0.2) is 13.4 Å². The maximum atomic E-state index is 12.5. The first-order chi connectivity index (χ1) is 10.0. The van der Waals surface area contributed by atoms with Gasteiger partial charge in [0.25, 0.3) is 10.0 Å². The van der Waals surface area contributed by atoms with Gasteiger partial charge < -0.3 is 5.32 Å². The fraction of sp³-hybridized carbons (Fsp3) is 0.500. The number of sulfonamides is 1. The lowest BCUT2D eigenvalue weighted by Gasteiger charge is -2.06. The van der Waals surface area contributed by atoms with Gasteiger partial charge in [-0.15, -0.1) is 11.3 Å².